The van der Waals surface area contributed by atoms with Crippen molar-refractivity contribution in [1.82, 2.24) is 4.57 Å². The number of aromatic nitrogens is 1. The van der Waals surface area contributed by atoms with Gasteiger partial charge in [0.1, 0.15) is 17.3 Å². The maximum Gasteiger partial charge on any atom is 0.352 e. The number of benzene rings is 1. The van der Waals surface area contributed by atoms with Crippen LogP contribution in [0, 0.1) is 18.6 Å². The van der Waals surface area contributed by atoms with E-state index in [1.807, 2.05) is 0 Å². The van der Waals surface area contributed by atoms with Crippen LogP contribution in [-0.4, -0.2) is 15.6 Å². The molecular weight excluding hydrogens is 308 g/mol. The van der Waals surface area contributed by atoms with Gasteiger partial charge in [0.15, 0.2) is 0 Å². The van der Waals surface area contributed by atoms with E-state index in [1.54, 1.807) is 0 Å². The first-order valence-electron chi connectivity index (χ1n) is 4.97. The van der Waals surface area contributed by atoms with Gasteiger partial charge in [-0.25, -0.2) is 13.6 Å². The van der Waals surface area contributed by atoms with Gasteiger partial charge in [-0.3, -0.25) is 0 Å². The summed E-state index contributed by atoms with van der Waals surface area (Å²) < 4.78 is 28.8. The minimum Gasteiger partial charge on any atom is -0.477 e. The smallest absolute Gasteiger partial charge is 0.352 e. The molecule has 0 saturated heterocycles. The summed E-state index contributed by atoms with van der Waals surface area (Å²) in [5.41, 5.74) is -0.121. The summed E-state index contributed by atoms with van der Waals surface area (Å²) in [4.78, 5) is 11.0. The van der Waals surface area contributed by atoms with Crippen LogP contribution < -0.4 is 0 Å². The van der Waals surface area contributed by atoms with Crippen molar-refractivity contribution in [3.05, 3.63) is 51.8 Å². The highest BCUT2D eigenvalue weighted by Gasteiger charge is 2.17. The Bertz CT molecular complexity index is 637. The molecule has 1 heterocycles. The fourth-order valence-corrected chi connectivity index (χ4v) is 2.04. The number of hydrogen-bond acceptors (Lipinski definition) is 1. The molecule has 1 aromatic carbocycles. The Labute approximate surface area is 110 Å². The molecule has 0 atom stereocenters. The van der Waals surface area contributed by atoms with Crippen molar-refractivity contribution in [1.29, 1.82) is 0 Å². The van der Waals surface area contributed by atoms with E-state index in [9.17, 15) is 13.6 Å². The van der Waals surface area contributed by atoms with Crippen LogP contribution in [0.15, 0.2) is 28.9 Å². The van der Waals surface area contributed by atoms with Gasteiger partial charge in [0.05, 0.1) is 5.69 Å². The number of halogens is 3. The minimum atomic E-state index is -1.22. The number of aromatic carboxylic acids is 1. The Hall–Kier alpha value is -1.69. The number of hydrogen-bond donors (Lipinski definition) is 1. The van der Waals surface area contributed by atoms with Gasteiger partial charge in [0.2, 0.25) is 0 Å². The summed E-state index contributed by atoms with van der Waals surface area (Å²) in [5.74, 6) is -2.49. The van der Waals surface area contributed by atoms with Gasteiger partial charge in [-0.05, 0) is 40.5 Å². The molecule has 0 unspecified atom stereocenters. The average molecular weight is 316 g/mol. The Morgan fingerprint density at radius 2 is 1.94 bits per heavy atom. The van der Waals surface area contributed by atoms with E-state index in [0.29, 0.717) is 4.47 Å². The molecule has 0 bridgehead atoms. The fourth-order valence-electron chi connectivity index (χ4n) is 1.61. The van der Waals surface area contributed by atoms with Crippen LogP contribution >= 0.6 is 15.9 Å². The third-order valence-electron chi connectivity index (χ3n) is 2.49. The Balaban J connectivity index is 2.69. The van der Waals surface area contributed by atoms with Crippen molar-refractivity contribution < 1.29 is 18.7 Å². The zero-order valence-corrected chi connectivity index (χ0v) is 10.8. The third-order valence-corrected chi connectivity index (χ3v) is 2.93. The molecule has 3 nitrogen and oxygen atoms in total. The van der Waals surface area contributed by atoms with Gasteiger partial charge in [-0.1, -0.05) is 0 Å². The topological polar surface area (TPSA) is 42.2 Å². The zero-order valence-electron chi connectivity index (χ0n) is 9.25. The van der Waals surface area contributed by atoms with Crippen molar-refractivity contribution in [3.8, 4) is 5.69 Å². The molecule has 0 saturated carbocycles. The Morgan fingerprint density at radius 3 is 2.56 bits per heavy atom. The van der Waals surface area contributed by atoms with Crippen LogP contribution in [0.5, 0.6) is 0 Å². The predicted octanol–water partition coefficient (Wildman–Crippen LogP) is 3.52. The summed E-state index contributed by atoms with van der Waals surface area (Å²) in [6.07, 6.45) is 1.37. The molecule has 0 fully saturated rings. The lowest BCUT2D eigenvalue weighted by Gasteiger charge is -2.09. The van der Waals surface area contributed by atoms with Crippen LogP contribution in [0.4, 0.5) is 8.78 Å². The first-order valence-corrected chi connectivity index (χ1v) is 5.76. The van der Waals surface area contributed by atoms with Crippen LogP contribution in [0.25, 0.3) is 5.69 Å². The highest BCUT2D eigenvalue weighted by atomic mass is 79.9. The molecule has 2 rings (SSSR count). The van der Waals surface area contributed by atoms with Gasteiger partial charge >= 0.3 is 5.97 Å². The highest BCUT2D eigenvalue weighted by Crippen LogP contribution is 2.24. The second-order valence-corrected chi connectivity index (χ2v) is 4.69. The van der Waals surface area contributed by atoms with Crippen molar-refractivity contribution >= 4 is 21.9 Å². The van der Waals surface area contributed by atoms with Gasteiger partial charge in [-0.2, -0.15) is 0 Å². The molecule has 0 aliphatic rings. The van der Waals surface area contributed by atoms with Crippen LogP contribution in [-0.2, 0) is 0 Å². The summed E-state index contributed by atoms with van der Waals surface area (Å²) in [7, 11) is 0. The zero-order chi connectivity index (χ0) is 13.4. The molecular formula is C12H8BrF2NO2. The molecule has 94 valence electrons. The Kier molecular flexibility index (Phi) is 3.21. The lowest BCUT2D eigenvalue weighted by atomic mass is 10.2. The molecule has 18 heavy (non-hydrogen) atoms. The summed E-state index contributed by atoms with van der Waals surface area (Å²) in [6, 6.07) is 3.33. The second kappa shape index (κ2) is 4.53. The summed E-state index contributed by atoms with van der Waals surface area (Å²) in [6.45, 7) is 1.44. The fraction of sp³-hybridized carbons (Fsp3) is 0.0833. The van der Waals surface area contributed by atoms with E-state index in [4.69, 9.17) is 5.11 Å². The molecule has 2 aromatic rings. The molecule has 0 aliphatic carbocycles. The lowest BCUT2D eigenvalue weighted by molar-refractivity contribution is 0.0688. The van der Waals surface area contributed by atoms with Crippen molar-refractivity contribution in [2.24, 2.45) is 0 Å². The van der Waals surface area contributed by atoms with Crippen LogP contribution in [0.2, 0.25) is 0 Å². The molecule has 1 aromatic heterocycles. The quantitative estimate of drug-likeness (QED) is 0.921. The van der Waals surface area contributed by atoms with Crippen LogP contribution in [0.1, 0.15) is 16.1 Å². The van der Waals surface area contributed by atoms with E-state index in [-0.39, 0.29) is 16.9 Å². The standard InChI is InChI=1S/C12H8BrF2NO2/c1-6-2-9(15)10(4-8(6)14)16-5-7(13)3-11(16)12(17)18/h2-5H,1H3,(H,17,18). The third kappa shape index (κ3) is 2.15. The normalized spacial score (nSPS) is 10.7. The number of aryl methyl sites for hydroxylation is 1. The monoisotopic (exact) mass is 315 g/mol. The highest BCUT2D eigenvalue weighted by molar-refractivity contribution is 9.10. The minimum absolute atomic E-state index is 0.138. The molecule has 0 spiro atoms. The number of nitrogens with zero attached hydrogens (tertiary/aromatic N) is 1. The van der Waals surface area contributed by atoms with E-state index in [2.05, 4.69) is 15.9 Å². The first kappa shape index (κ1) is 12.8. The lowest BCUT2D eigenvalue weighted by Crippen LogP contribution is -2.08. The Morgan fingerprint density at radius 1 is 1.28 bits per heavy atom. The van der Waals surface area contributed by atoms with E-state index < -0.39 is 17.6 Å². The number of carboxylic acid groups (broad SMARTS) is 1. The maximum atomic E-state index is 13.8. The average Bonchev–Trinajstić information content (AvgIpc) is 2.65. The number of carbonyl (C=O) groups is 1. The van der Waals surface area contributed by atoms with Gasteiger partial charge < -0.3 is 9.67 Å². The molecule has 0 radical (unpaired) electrons. The van der Waals surface area contributed by atoms with Crippen molar-refractivity contribution in [2.75, 3.05) is 0 Å². The van der Waals surface area contributed by atoms with Crippen molar-refractivity contribution in [3.63, 3.8) is 0 Å². The summed E-state index contributed by atoms with van der Waals surface area (Å²) in [5, 5.41) is 9.00. The van der Waals surface area contributed by atoms with Crippen LogP contribution in [0.3, 0.4) is 0 Å². The molecule has 0 amide bonds. The molecule has 6 heteroatoms. The molecule has 1 N–H and O–H groups in total. The first-order chi connectivity index (χ1) is 8.40. The number of carboxylic acids is 1. The van der Waals surface area contributed by atoms with Gasteiger partial charge in [0, 0.05) is 16.7 Å². The SMILES string of the molecule is Cc1cc(F)c(-n2cc(Br)cc2C(=O)O)cc1F. The second-order valence-electron chi connectivity index (χ2n) is 3.77. The van der Waals surface area contributed by atoms with Crippen molar-refractivity contribution in [2.45, 2.75) is 6.92 Å². The van der Waals surface area contributed by atoms with E-state index in [1.165, 1.54) is 19.2 Å². The maximum absolute atomic E-state index is 13.8. The largest absolute Gasteiger partial charge is 0.477 e. The van der Waals surface area contributed by atoms with Gasteiger partial charge in [-0.15, -0.1) is 0 Å². The van der Waals surface area contributed by atoms with Gasteiger partial charge in [0.25, 0.3) is 0 Å². The predicted molar refractivity (Wildman–Crippen MR) is 65.1 cm³/mol. The van der Waals surface area contributed by atoms with E-state index >= 15 is 0 Å². The summed E-state index contributed by atoms with van der Waals surface area (Å²) >= 11 is 3.11. The van der Waals surface area contributed by atoms with E-state index in [0.717, 1.165) is 16.7 Å². The number of rotatable bonds is 2. The molecule has 0 aliphatic heterocycles.